The van der Waals surface area contributed by atoms with Crippen LogP contribution >= 0.6 is 11.3 Å². The minimum absolute atomic E-state index is 0.353. The number of ether oxygens (including phenoxy) is 1. The zero-order chi connectivity index (χ0) is 15.2. The summed E-state index contributed by atoms with van der Waals surface area (Å²) in [5.41, 5.74) is 1.48. The number of carbonyl (C=O) groups is 1. The van der Waals surface area contributed by atoms with Crippen molar-refractivity contribution in [2.75, 3.05) is 12.4 Å². The van der Waals surface area contributed by atoms with E-state index in [0.717, 1.165) is 5.69 Å². The summed E-state index contributed by atoms with van der Waals surface area (Å²) in [4.78, 5) is 15.7. The van der Waals surface area contributed by atoms with Gasteiger partial charge in [-0.25, -0.2) is 0 Å². The Bertz CT molecular complexity index is 729. The van der Waals surface area contributed by atoms with Gasteiger partial charge in [0.2, 0.25) is 0 Å². The van der Waals surface area contributed by atoms with Crippen molar-refractivity contribution in [2.24, 2.45) is 4.99 Å². The fraction of sp³-hybridized carbons (Fsp3) is 0.133. The van der Waals surface area contributed by atoms with Crippen molar-refractivity contribution in [3.63, 3.8) is 0 Å². The van der Waals surface area contributed by atoms with E-state index in [1.165, 1.54) is 11.3 Å². The van der Waals surface area contributed by atoms with Crippen LogP contribution in [0.2, 0.25) is 0 Å². The highest BCUT2D eigenvalue weighted by atomic mass is 32.1. The molecule has 0 aliphatic heterocycles. The van der Waals surface area contributed by atoms with Crippen LogP contribution in [0.5, 0.6) is 5.75 Å². The summed E-state index contributed by atoms with van der Waals surface area (Å²) in [6, 6.07) is 9.46. The molecule has 0 bridgehead atoms. The first-order chi connectivity index (χ1) is 10.2. The Hall–Kier alpha value is -2.65. The highest BCUT2D eigenvalue weighted by Crippen LogP contribution is 2.40. The number of hydrogen-bond donors (Lipinski definition) is 1. The standard InChI is InChI=1S/C15H13N3O2S/c1-3-17-14-10(8-16)15(21-13(14)9-19)18-11-6-4-5-7-12(11)20-2/h3-7,9,18H,1-2H3. The van der Waals surface area contributed by atoms with Crippen LogP contribution in [-0.4, -0.2) is 19.6 Å². The smallest absolute Gasteiger partial charge is 0.162 e. The molecule has 2 aromatic rings. The Balaban J connectivity index is 2.50. The molecule has 0 unspecified atom stereocenters. The molecule has 0 fully saturated rings. The number of thiophene rings is 1. The molecule has 0 amide bonds. The Morgan fingerprint density at radius 1 is 1.43 bits per heavy atom. The second-order valence-corrected chi connectivity index (χ2v) is 5.01. The van der Waals surface area contributed by atoms with E-state index in [2.05, 4.69) is 16.4 Å². The predicted octanol–water partition coefficient (Wildman–Crippen LogP) is 3.91. The van der Waals surface area contributed by atoms with Gasteiger partial charge in [-0.1, -0.05) is 12.1 Å². The lowest BCUT2D eigenvalue weighted by molar-refractivity contribution is 0.112. The maximum Gasteiger partial charge on any atom is 0.162 e. The largest absolute Gasteiger partial charge is 0.495 e. The Morgan fingerprint density at radius 3 is 2.81 bits per heavy atom. The highest BCUT2D eigenvalue weighted by molar-refractivity contribution is 7.18. The van der Waals surface area contributed by atoms with Crippen molar-refractivity contribution < 1.29 is 9.53 Å². The van der Waals surface area contributed by atoms with Gasteiger partial charge in [0.25, 0.3) is 0 Å². The average Bonchev–Trinajstić information content (AvgIpc) is 2.85. The van der Waals surface area contributed by atoms with Gasteiger partial charge >= 0.3 is 0 Å². The Labute approximate surface area is 126 Å². The number of hydrogen-bond acceptors (Lipinski definition) is 6. The summed E-state index contributed by atoms with van der Waals surface area (Å²) in [5, 5.41) is 13.0. The van der Waals surface area contributed by atoms with Crippen LogP contribution in [0.4, 0.5) is 16.4 Å². The number of aldehydes is 1. The van der Waals surface area contributed by atoms with E-state index < -0.39 is 0 Å². The van der Waals surface area contributed by atoms with E-state index in [9.17, 15) is 10.1 Å². The van der Waals surface area contributed by atoms with Gasteiger partial charge in [-0.05, 0) is 19.1 Å². The summed E-state index contributed by atoms with van der Waals surface area (Å²) >= 11 is 1.19. The van der Waals surface area contributed by atoms with Gasteiger partial charge in [-0.3, -0.25) is 9.79 Å². The number of para-hydroxylation sites is 2. The van der Waals surface area contributed by atoms with Crippen molar-refractivity contribution in [3.8, 4) is 11.8 Å². The summed E-state index contributed by atoms with van der Waals surface area (Å²) in [6.45, 7) is 1.74. The number of nitrogens with one attached hydrogen (secondary N) is 1. The summed E-state index contributed by atoms with van der Waals surface area (Å²) < 4.78 is 5.26. The molecule has 0 saturated carbocycles. The first kappa shape index (κ1) is 14.8. The predicted molar refractivity (Wildman–Crippen MR) is 84.5 cm³/mol. The third kappa shape index (κ3) is 2.93. The topological polar surface area (TPSA) is 74.5 Å². The van der Waals surface area contributed by atoms with Crippen LogP contribution in [0, 0.1) is 11.3 Å². The molecule has 21 heavy (non-hydrogen) atoms. The SMILES string of the molecule is CC=Nc1c(C=O)sc(Nc2ccccc2OC)c1C#N. The van der Waals surface area contributed by atoms with Gasteiger partial charge in [0.05, 0.1) is 17.7 Å². The number of aliphatic imine (C=N–C) groups is 1. The summed E-state index contributed by atoms with van der Waals surface area (Å²) in [5.74, 6) is 0.656. The number of nitriles is 1. The number of methoxy groups -OCH3 is 1. The van der Waals surface area contributed by atoms with Gasteiger partial charge in [-0.15, -0.1) is 11.3 Å². The number of nitrogens with zero attached hydrogens (tertiary/aromatic N) is 2. The minimum Gasteiger partial charge on any atom is -0.495 e. The van der Waals surface area contributed by atoms with Crippen molar-refractivity contribution in [2.45, 2.75) is 6.92 Å². The molecular weight excluding hydrogens is 286 g/mol. The normalized spacial score (nSPS) is 10.3. The molecule has 1 aromatic heterocycles. The fourth-order valence-corrected chi connectivity index (χ4v) is 2.76. The average molecular weight is 299 g/mol. The lowest BCUT2D eigenvalue weighted by atomic mass is 10.2. The Kier molecular flexibility index (Phi) is 4.69. The molecule has 1 N–H and O–H groups in total. The van der Waals surface area contributed by atoms with E-state index in [1.807, 2.05) is 24.3 Å². The summed E-state index contributed by atoms with van der Waals surface area (Å²) in [7, 11) is 1.57. The van der Waals surface area contributed by atoms with Crippen molar-refractivity contribution >= 4 is 40.2 Å². The maximum absolute atomic E-state index is 11.1. The third-order valence-electron chi connectivity index (χ3n) is 2.74. The van der Waals surface area contributed by atoms with Gasteiger partial charge in [0, 0.05) is 6.21 Å². The second-order valence-electron chi connectivity index (χ2n) is 3.96. The summed E-state index contributed by atoms with van der Waals surface area (Å²) in [6.07, 6.45) is 2.27. The number of carbonyl (C=O) groups excluding carboxylic acids is 1. The van der Waals surface area contributed by atoms with Crippen molar-refractivity contribution in [1.29, 1.82) is 5.26 Å². The van der Waals surface area contributed by atoms with Gasteiger partial charge in [-0.2, -0.15) is 5.26 Å². The number of rotatable bonds is 5. The van der Waals surface area contributed by atoms with Crippen molar-refractivity contribution in [3.05, 3.63) is 34.7 Å². The zero-order valence-corrected chi connectivity index (χ0v) is 12.4. The Morgan fingerprint density at radius 2 is 2.19 bits per heavy atom. The molecule has 6 heteroatoms. The quantitative estimate of drug-likeness (QED) is 0.671. The lowest BCUT2D eigenvalue weighted by Crippen LogP contribution is -1.93. The molecule has 0 saturated heterocycles. The molecule has 1 aromatic carbocycles. The molecule has 0 atom stereocenters. The van der Waals surface area contributed by atoms with E-state index >= 15 is 0 Å². The van der Waals surface area contributed by atoms with E-state index in [1.54, 1.807) is 20.2 Å². The first-order valence-electron chi connectivity index (χ1n) is 6.16. The zero-order valence-electron chi connectivity index (χ0n) is 11.6. The molecule has 0 spiro atoms. The highest BCUT2D eigenvalue weighted by Gasteiger charge is 2.18. The fourth-order valence-electron chi connectivity index (χ4n) is 1.84. The van der Waals surface area contributed by atoms with Crippen LogP contribution in [0.25, 0.3) is 0 Å². The minimum atomic E-state index is 0.353. The third-order valence-corrected chi connectivity index (χ3v) is 3.76. The molecule has 106 valence electrons. The first-order valence-corrected chi connectivity index (χ1v) is 6.97. The van der Waals surface area contributed by atoms with Crippen molar-refractivity contribution in [1.82, 2.24) is 0 Å². The van der Waals surface area contributed by atoms with Gasteiger partial charge < -0.3 is 10.1 Å². The van der Waals surface area contributed by atoms with E-state index in [-0.39, 0.29) is 0 Å². The van der Waals surface area contributed by atoms with Crippen LogP contribution in [0.15, 0.2) is 29.3 Å². The van der Waals surface area contributed by atoms with Crippen LogP contribution in [0.1, 0.15) is 22.2 Å². The number of benzene rings is 1. The van der Waals surface area contributed by atoms with Crippen LogP contribution in [-0.2, 0) is 0 Å². The molecular formula is C15H13N3O2S. The molecule has 5 nitrogen and oxygen atoms in total. The maximum atomic E-state index is 11.1. The molecule has 0 aliphatic carbocycles. The van der Waals surface area contributed by atoms with Crippen LogP contribution < -0.4 is 10.1 Å². The number of anilines is 2. The van der Waals surface area contributed by atoms with Gasteiger partial charge in [0.1, 0.15) is 28.1 Å². The lowest BCUT2D eigenvalue weighted by Gasteiger charge is -2.09. The van der Waals surface area contributed by atoms with Gasteiger partial charge in [0.15, 0.2) is 6.29 Å². The van der Waals surface area contributed by atoms with Crippen LogP contribution in [0.3, 0.4) is 0 Å². The molecule has 0 radical (unpaired) electrons. The molecule has 1 heterocycles. The van der Waals surface area contributed by atoms with E-state index in [0.29, 0.717) is 33.2 Å². The monoisotopic (exact) mass is 299 g/mol. The second kappa shape index (κ2) is 6.68. The molecule has 0 aliphatic rings. The van der Waals surface area contributed by atoms with E-state index in [4.69, 9.17) is 4.74 Å². The molecule has 2 rings (SSSR count).